The zero-order valence-corrected chi connectivity index (χ0v) is 14.5. The molecular formula is C18H20N2O4S. The summed E-state index contributed by atoms with van der Waals surface area (Å²) in [6.07, 6.45) is 0.455. The molecule has 1 saturated heterocycles. The molecule has 25 heavy (non-hydrogen) atoms. The molecule has 1 aliphatic rings. The van der Waals surface area contributed by atoms with Gasteiger partial charge in [0.2, 0.25) is 10.0 Å². The van der Waals surface area contributed by atoms with E-state index in [1.54, 1.807) is 29.2 Å². The number of amides is 1. The Bertz CT molecular complexity index is 820. The van der Waals surface area contributed by atoms with Gasteiger partial charge in [-0.1, -0.05) is 30.3 Å². The van der Waals surface area contributed by atoms with Gasteiger partial charge in [0, 0.05) is 17.9 Å². The Kier molecular flexibility index (Phi) is 5.35. The second-order valence-electron chi connectivity index (χ2n) is 5.80. The van der Waals surface area contributed by atoms with Crippen LogP contribution in [0.4, 0.5) is 11.4 Å². The van der Waals surface area contributed by atoms with Crippen LogP contribution in [0, 0.1) is 0 Å². The first kappa shape index (κ1) is 17.4. The lowest BCUT2D eigenvalue weighted by Crippen LogP contribution is -2.41. The molecule has 0 bridgehead atoms. The number of hydrogen-bond donors (Lipinski definition) is 1. The monoisotopic (exact) mass is 360 g/mol. The Hall–Kier alpha value is -2.38. The molecule has 0 spiro atoms. The lowest BCUT2D eigenvalue weighted by atomic mass is 10.2. The fraction of sp³-hybridized carbons (Fsp3) is 0.278. The van der Waals surface area contributed by atoms with Crippen LogP contribution >= 0.6 is 0 Å². The van der Waals surface area contributed by atoms with Gasteiger partial charge in [-0.05, 0) is 36.2 Å². The van der Waals surface area contributed by atoms with Crippen molar-refractivity contribution in [2.24, 2.45) is 0 Å². The highest BCUT2D eigenvalue weighted by molar-refractivity contribution is 7.92. The Morgan fingerprint density at radius 1 is 1.04 bits per heavy atom. The number of aryl methyl sites for hydroxylation is 1. The molecule has 1 N–H and O–H groups in total. The average molecular weight is 360 g/mol. The van der Waals surface area contributed by atoms with Crippen molar-refractivity contribution in [3.05, 3.63) is 60.2 Å². The van der Waals surface area contributed by atoms with Gasteiger partial charge in [0.15, 0.2) is 0 Å². The molecule has 132 valence electrons. The lowest BCUT2D eigenvalue weighted by molar-refractivity contribution is -0.125. The molecular weight excluding hydrogens is 340 g/mol. The second kappa shape index (κ2) is 7.67. The van der Waals surface area contributed by atoms with Gasteiger partial charge >= 0.3 is 0 Å². The quantitative estimate of drug-likeness (QED) is 0.855. The maximum atomic E-state index is 12.2. The summed E-state index contributed by atoms with van der Waals surface area (Å²) in [6.45, 7) is 1.08. The van der Waals surface area contributed by atoms with Gasteiger partial charge in [-0.2, -0.15) is 0 Å². The van der Waals surface area contributed by atoms with E-state index in [4.69, 9.17) is 4.74 Å². The van der Waals surface area contributed by atoms with E-state index in [0.717, 1.165) is 11.3 Å². The zero-order chi connectivity index (χ0) is 17.7. The molecule has 0 aliphatic carbocycles. The van der Waals surface area contributed by atoms with Gasteiger partial charge in [0.05, 0.1) is 12.4 Å². The molecule has 0 aromatic heterocycles. The van der Waals surface area contributed by atoms with E-state index in [2.05, 4.69) is 4.72 Å². The number of nitrogens with one attached hydrogen (secondary N) is 1. The van der Waals surface area contributed by atoms with E-state index in [0.29, 0.717) is 25.3 Å². The molecule has 7 heteroatoms. The Morgan fingerprint density at radius 2 is 1.76 bits per heavy atom. The molecule has 1 fully saturated rings. The molecule has 0 atom stereocenters. The first-order valence-electron chi connectivity index (χ1n) is 8.06. The Balaban J connectivity index is 1.61. The standard InChI is InChI=1S/C18H20N2O4S/c21-18-14-24-12-11-20(18)17-8-6-16(7-9-17)19-25(22,23)13-10-15-4-2-1-3-5-15/h1-9,19H,10-14H2. The third kappa shape index (κ3) is 4.80. The Morgan fingerprint density at radius 3 is 2.44 bits per heavy atom. The lowest BCUT2D eigenvalue weighted by Gasteiger charge is -2.26. The number of ether oxygens (including phenoxy) is 1. The molecule has 1 heterocycles. The number of carbonyl (C=O) groups is 1. The minimum absolute atomic E-state index is 0.0146. The van der Waals surface area contributed by atoms with E-state index in [1.807, 2.05) is 30.3 Å². The molecule has 6 nitrogen and oxygen atoms in total. The molecule has 2 aromatic carbocycles. The number of hydrogen-bond acceptors (Lipinski definition) is 4. The molecule has 0 radical (unpaired) electrons. The minimum atomic E-state index is -3.43. The minimum Gasteiger partial charge on any atom is -0.370 e. The number of sulfonamides is 1. The predicted octanol–water partition coefficient (Wildman–Crippen LogP) is 2.03. The first-order chi connectivity index (χ1) is 12.0. The van der Waals surface area contributed by atoms with Crippen LogP contribution < -0.4 is 9.62 Å². The molecule has 0 unspecified atom stereocenters. The van der Waals surface area contributed by atoms with Crippen LogP contribution in [-0.4, -0.2) is 39.8 Å². The summed E-state index contributed by atoms with van der Waals surface area (Å²) in [5, 5.41) is 0. The third-order valence-electron chi connectivity index (χ3n) is 3.94. The summed E-state index contributed by atoms with van der Waals surface area (Å²) >= 11 is 0. The topological polar surface area (TPSA) is 75.7 Å². The zero-order valence-electron chi connectivity index (χ0n) is 13.7. The van der Waals surface area contributed by atoms with Crippen molar-refractivity contribution < 1.29 is 17.9 Å². The maximum Gasteiger partial charge on any atom is 0.253 e. The second-order valence-corrected chi connectivity index (χ2v) is 7.64. The van der Waals surface area contributed by atoms with Crippen LogP contribution in [0.5, 0.6) is 0 Å². The normalized spacial score (nSPS) is 15.2. The van der Waals surface area contributed by atoms with Crippen molar-refractivity contribution in [1.29, 1.82) is 0 Å². The van der Waals surface area contributed by atoms with E-state index >= 15 is 0 Å². The van der Waals surface area contributed by atoms with Gasteiger partial charge in [-0.25, -0.2) is 8.42 Å². The fourth-order valence-electron chi connectivity index (χ4n) is 2.63. The average Bonchev–Trinajstić information content (AvgIpc) is 2.62. The summed E-state index contributed by atoms with van der Waals surface area (Å²) in [7, 11) is -3.43. The van der Waals surface area contributed by atoms with E-state index in [-0.39, 0.29) is 18.3 Å². The molecule has 0 saturated carbocycles. The van der Waals surface area contributed by atoms with E-state index in [9.17, 15) is 13.2 Å². The van der Waals surface area contributed by atoms with Gasteiger partial charge in [0.25, 0.3) is 5.91 Å². The van der Waals surface area contributed by atoms with Crippen molar-refractivity contribution in [3.63, 3.8) is 0 Å². The molecule has 1 amide bonds. The summed E-state index contributed by atoms with van der Waals surface area (Å²) in [4.78, 5) is 13.5. The van der Waals surface area contributed by atoms with Crippen molar-refractivity contribution >= 4 is 27.3 Å². The van der Waals surface area contributed by atoms with Crippen molar-refractivity contribution in [1.82, 2.24) is 0 Å². The van der Waals surface area contributed by atoms with Gasteiger partial charge in [0.1, 0.15) is 6.61 Å². The largest absolute Gasteiger partial charge is 0.370 e. The fourth-order valence-corrected chi connectivity index (χ4v) is 3.73. The van der Waals surface area contributed by atoms with Crippen LogP contribution in [-0.2, 0) is 26.0 Å². The summed E-state index contributed by atoms with van der Waals surface area (Å²) in [5.74, 6) is -0.0804. The smallest absolute Gasteiger partial charge is 0.253 e. The highest BCUT2D eigenvalue weighted by Gasteiger charge is 2.20. The van der Waals surface area contributed by atoms with Gasteiger partial charge < -0.3 is 9.64 Å². The first-order valence-corrected chi connectivity index (χ1v) is 9.71. The van der Waals surface area contributed by atoms with Crippen LogP contribution in [0.2, 0.25) is 0 Å². The van der Waals surface area contributed by atoms with Gasteiger partial charge in [-0.3, -0.25) is 9.52 Å². The Labute approximate surface area is 147 Å². The van der Waals surface area contributed by atoms with Crippen LogP contribution in [0.25, 0.3) is 0 Å². The van der Waals surface area contributed by atoms with Crippen LogP contribution in [0.3, 0.4) is 0 Å². The van der Waals surface area contributed by atoms with Crippen LogP contribution in [0.15, 0.2) is 54.6 Å². The number of anilines is 2. The summed E-state index contributed by atoms with van der Waals surface area (Å²) < 4.78 is 32.1. The number of rotatable bonds is 6. The number of morpholine rings is 1. The maximum absolute atomic E-state index is 12.2. The van der Waals surface area contributed by atoms with Gasteiger partial charge in [-0.15, -0.1) is 0 Å². The highest BCUT2D eigenvalue weighted by Crippen LogP contribution is 2.20. The van der Waals surface area contributed by atoms with E-state index in [1.165, 1.54) is 0 Å². The number of carbonyl (C=O) groups excluding carboxylic acids is 1. The van der Waals surface area contributed by atoms with E-state index < -0.39 is 10.0 Å². The predicted molar refractivity (Wildman–Crippen MR) is 97.2 cm³/mol. The van der Waals surface area contributed by atoms with Crippen molar-refractivity contribution in [3.8, 4) is 0 Å². The SMILES string of the molecule is O=C1COCCN1c1ccc(NS(=O)(=O)CCc2ccccc2)cc1. The number of nitrogens with zero attached hydrogens (tertiary/aromatic N) is 1. The highest BCUT2D eigenvalue weighted by atomic mass is 32.2. The summed E-state index contributed by atoms with van der Waals surface area (Å²) in [6, 6.07) is 16.3. The molecule has 1 aliphatic heterocycles. The van der Waals surface area contributed by atoms with Crippen LogP contribution in [0.1, 0.15) is 5.56 Å². The molecule has 3 rings (SSSR count). The summed E-state index contributed by atoms with van der Waals surface area (Å²) in [5.41, 5.74) is 2.20. The van der Waals surface area contributed by atoms with Crippen molar-refractivity contribution in [2.75, 3.05) is 35.1 Å². The molecule has 2 aromatic rings. The third-order valence-corrected chi connectivity index (χ3v) is 5.23. The number of benzene rings is 2. The van der Waals surface area contributed by atoms with Crippen molar-refractivity contribution in [2.45, 2.75) is 6.42 Å².